The van der Waals surface area contributed by atoms with Gasteiger partial charge in [-0.3, -0.25) is 14.4 Å². The first-order valence-electron chi connectivity index (χ1n) is 6.95. The first-order valence-corrected chi connectivity index (χ1v) is 6.95. The van der Waals surface area contributed by atoms with E-state index in [2.05, 4.69) is 0 Å². The summed E-state index contributed by atoms with van der Waals surface area (Å²) in [7, 11) is 0. The second kappa shape index (κ2) is 7.26. The molecular weight excluding hydrogens is 248 g/mol. The Labute approximate surface area is 113 Å². The van der Waals surface area contributed by atoms with Gasteiger partial charge in [0.15, 0.2) is 0 Å². The number of carboxylic acids is 1. The molecule has 1 fully saturated rings. The third kappa shape index (κ3) is 4.04. The van der Waals surface area contributed by atoms with E-state index in [1.54, 1.807) is 6.92 Å². The Morgan fingerprint density at radius 3 is 2.58 bits per heavy atom. The summed E-state index contributed by atoms with van der Waals surface area (Å²) in [5.74, 6) is -1.21. The summed E-state index contributed by atoms with van der Waals surface area (Å²) >= 11 is 0. The number of hydrogen-bond donors (Lipinski definition) is 1. The molecule has 1 rings (SSSR count). The number of rotatable bonds is 8. The fourth-order valence-electron chi connectivity index (χ4n) is 2.66. The van der Waals surface area contributed by atoms with E-state index in [9.17, 15) is 14.4 Å². The molecule has 1 unspecified atom stereocenters. The van der Waals surface area contributed by atoms with Crippen molar-refractivity contribution in [2.24, 2.45) is 5.41 Å². The Hall–Kier alpha value is -1.39. The molecule has 0 spiro atoms. The maximum atomic E-state index is 12.0. The predicted molar refractivity (Wildman–Crippen MR) is 68.6 cm³/mol. The largest absolute Gasteiger partial charge is 0.481 e. The summed E-state index contributed by atoms with van der Waals surface area (Å²) in [5, 5.41) is 8.55. The van der Waals surface area contributed by atoms with Gasteiger partial charge >= 0.3 is 11.9 Å². The summed E-state index contributed by atoms with van der Waals surface area (Å²) in [6, 6.07) is 0. The molecule has 1 saturated carbocycles. The van der Waals surface area contributed by atoms with E-state index in [0.717, 1.165) is 12.8 Å². The van der Waals surface area contributed by atoms with E-state index in [0.29, 0.717) is 32.1 Å². The van der Waals surface area contributed by atoms with Crippen molar-refractivity contribution >= 4 is 17.7 Å². The Kier molecular flexibility index (Phi) is 5.99. The molecule has 0 aliphatic heterocycles. The number of esters is 1. The third-order valence-electron chi connectivity index (χ3n) is 3.70. The molecular formula is C14H22O5. The van der Waals surface area contributed by atoms with Crippen molar-refractivity contribution in [3.63, 3.8) is 0 Å². The summed E-state index contributed by atoms with van der Waals surface area (Å²) in [4.78, 5) is 34.4. The number of carboxylic acid groups (broad SMARTS) is 1. The molecule has 1 aliphatic carbocycles. The number of aliphatic carboxylic acids is 1. The Bertz CT molecular complexity index is 350. The minimum atomic E-state index is -0.945. The van der Waals surface area contributed by atoms with Gasteiger partial charge in [0.05, 0.1) is 6.61 Å². The summed E-state index contributed by atoms with van der Waals surface area (Å²) in [5.41, 5.74) is -0.945. The summed E-state index contributed by atoms with van der Waals surface area (Å²) < 4.78 is 5.04. The average molecular weight is 270 g/mol. The Morgan fingerprint density at radius 1 is 1.32 bits per heavy atom. The van der Waals surface area contributed by atoms with Crippen molar-refractivity contribution in [1.29, 1.82) is 0 Å². The zero-order valence-corrected chi connectivity index (χ0v) is 11.4. The van der Waals surface area contributed by atoms with Gasteiger partial charge in [-0.25, -0.2) is 0 Å². The van der Waals surface area contributed by atoms with Gasteiger partial charge < -0.3 is 9.84 Å². The molecule has 0 aromatic carbocycles. The van der Waals surface area contributed by atoms with E-state index in [-0.39, 0.29) is 18.8 Å². The van der Waals surface area contributed by atoms with Crippen LogP contribution < -0.4 is 0 Å². The lowest BCUT2D eigenvalue weighted by molar-refractivity contribution is -0.159. The number of carbonyl (C=O) groups excluding carboxylic acids is 2. The molecule has 0 aromatic rings. The SMILES string of the molecule is CCOC(=O)C1(CCCCCC(=O)O)CCCC1=O. The first kappa shape index (κ1) is 15.7. The summed E-state index contributed by atoms with van der Waals surface area (Å²) in [6.45, 7) is 2.02. The van der Waals surface area contributed by atoms with Crippen molar-refractivity contribution < 1.29 is 24.2 Å². The van der Waals surface area contributed by atoms with Crippen molar-refractivity contribution in [2.75, 3.05) is 6.61 Å². The van der Waals surface area contributed by atoms with Crippen LogP contribution in [-0.2, 0) is 19.1 Å². The fourth-order valence-corrected chi connectivity index (χ4v) is 2.66. The highest BCUT2D eigenvalue weighted by atomic mass is 16.5. The van der Waals surface area contributed by atoms with Crippen molar-refractivity contribution in [3.8, 4) is 0 Å². The van der Waals surface area contributed by atoms with Crippen LogP contribution in [0.2, 0.25) is 0 Å². The maximum Gasteiger partial charge on any atom is 0.319 e. The molecule has 1 atom stereocenters. The van der Waals surface area contributed by atoms with Crippen LogP contribution in [-0.4, -0.2) is 29.4 Å². The van der Waals surface area contributed by atoms with E-state index in [4.69, 9.17) is 9.84 Å². The number of ketones is 1. The van der Waals surface area contributed by atoms with Crippen LogP contribution in [0.3, 0.4) is 0 Å². The van der Waals surface area contributed by atoms with Gasteiger partial charge in [0.25, 0.3) is 0 Å². The zero-order valence-electron chi connectivity index (χ0n) is 11.4. The molecule has 0 aromatic heterocycles. The first-order chi connectivity index (χ1) is 9.03. The lowest BCUT2D eigenvalue weighted by Crippen LogP contribution is -2.37. The maximum absolute atomic E-state index is 12.0. The van der Waals surface area contributed by atoms with Gasteiger partial charge in [-0.15, -0.1) is 0 Å². The molecule has 5 heteroatoms. The van der Waals surface area contributed by atoms with Crippen LogP contribution in [0, 0.1) is 5.41 Å². The van der Waals surface area contributed by atoms with E-state index in [1.807, 2.05) is 0 Å². The minimum absolute atomic E-state index is 0.0100. The van der Waals surface area contributed by atoms with Crippen LogP contribution >= 0.6 is 0 Å². The van der Waals surface area contributed by atoms with Crippen LogP contribution in [0.4, 0.5) is 0 Å². The number of ether oxygens (including phenoxy) is 1. The summed E-state index contributed by atoms with van der Waals surface area (Å²) in [6.07, 6.45) is 4.40. The number of Topliss-reactive ketones (excluding diaryl/α,β-unsaturated/α-hetero) is 1. The van der Waals surface area contributed by atoms with Gasteiger partial charge in [0, 0.05) is 12.8 Å². The normalized spacial score (nSPS) is 22.5. The topological polar surface area (TPSA) is 80.7 Å². The molecule has 0 amide bonds. The quantitative estimate of drug-likeness (QED) is 0.416. The molecule has 108 valence electrons. The number of hydrogen-bond acceptors (Lipinski definition) is 4. The van der Waals surface area contributed by atoms with Gasteiger partial charge in [0.1, 0.15) is 11.2 Å². The lowest BCUT2D eigenvalue weighted by atomic mass is 9.80. The molecule has 0 radical (unpaired) electrons. The molecule has 1 aliphatic rings. The van der Waals surface area contributed by atoms with Gasteiger partial charge in [-0.05, 0) is 32.6 Å². The standard InChI is InChI=1S/C14H22O5/c1-2-19-13(18)14(10-6-7-11(14)15)9-5-3-4-8-12(16)17/h2-10H2,1H3,(H,16,17). The molecule has 5 nitrogen and oxygen atoms in total. The molecule has 0 saturated heterocycles. The van der Waals surface area contributed by atoms with Crippen LogP contribution in [0.25, 0.3) is 0 Å². The molecule has 19 heavy (non-hydrogen) atoms. The Balaban J connectivity index is 2.49. The predicted octanol–water partition coefficient (Wildman–Crippen LogP) is 2.32. The lowest BCUT2D eigenvalue weighted by Gasteiger charge is -2.24. The second-order valence-electron chi connectivity index (χ2n) is 5.03. The molecule has 0 bridgehead atoms. The number of unbranched alkanes of at least 4 members (excludes halogenated alkanes) is 2. The van der Waals surface area contributed by atoms with Crippen LogP contribution in [0.15, 0.2) is 0 Å². The van der Waals surface area contributed by atoms with Crippen molar-refractivity contribution in [3.05, 3.63) is 0 Å². The van der Waals surface area contributed by atoms with Gasteiger partial charge in [-0.2, -0.15) is 0 Å². The van der Waals surface area contributed by atoms with E-state index >= 15 is 0 Å². The molecule has 0 heterocycles. The highest BCUT2D eigenvalue weighted by Gasteiger charge is 2.48. The van der Waals surface area contributed by atoms with E-state index < -0.39 is 17.4 Å². The van der Waals surface area contributed by atoms with Gasteiger partial charge in [0.2, 0.25) is 0 Å². The third-order valence-corrected chi connectivity index (χ3v) is 3.70. The fraction of sp³-hybridized carbons (Fsp3) is 0.786. The highest BCUT2D eigenvalue weighted by molar-refractivity contribution is 6.05. The van der Waals surface area contributed by atoms with Gasteiger partial charge in [-0.1, -0.05) is 12.8 Å². The zero-order chi connectivity index (χ0) is 14.3. The minimum Gasteiger partial charge on any atom is -0.481 e. The highest BCUT2D eigenvalue weighted by Crippen LogP contribution is 2.40. The van der Waals surface area contributed by atoms with E-state index in [1.165, 1.54) is 0 Å². The number of carbonyl (C=O) groups is 3. The average Bonchev–Trinajstić information content (AvgIpc) is 2.71. The molecule has 1 N–H and O–H groups in total. The van der Waals surface area contributed by atoms with Crippen LogP contribution in [0.1, 0.15) is 58.3 Å². The monoisotopic (exact) mass is 270 g/mol. The Morgan fingerprint density at radius 2 is 2.05 bits per heavy atom. The van der Waals surface area contributed by atoms with Crippen LogP contribution in [0.5, 0.6) is 0 Å². The van der Waals surface area contributed by atoms with Crippen molar-refractivity contribution in [2.45, 2.75) is 58.3 Å². The smallest absolute Gasteiger partial charge is 0.319 e. The second-order valence-corrected chi connectivity index (χ2v) is 5.03. The van der Waals surface area contributed by atoms with Crippen molar-refractivity contribution in [1.82, 2.24) is 0 Å².